The van der Waals surface area contributed by atoms with Crippen LogP contribution in [0.1, 0.15) is 34.3 Å². The Kier molecular flexibility index (Phi) is 5.12. The third-order valence-corrected chi connectivity index (χ3v) is 8.08. The predicted octanol–water partition coefficient (Wildman–Crippen LogP) is 3.05. The molecule has 29 heavy (non-hydrogen) atoms. The molecular weight excluding hydrogens is 390 g/mol. The number of benzene rings is 2. The number of carbonyl (C=O) groups is 1. The summed E-state index contributed by atoms with van der Waals surface area (Å²) in [6.45, 7) is 1.02. The number of sulfonamides is 1. The van der Waals surface area contributed by atoms with E-state index >= 15 is 0 Å². The topological polar surface area (TPSA) is 72.9 Å². The van der Waals surface area contributed by atoms with Gasteiger partial charge in [-0.3, -0.25) is 0 Å². The Hall–Kier alpha value is -2.38. The van der Waals surface area contributed by atoms with Gasteiger partial charge in [-0.1, -0.05) is 6.07 Å². The number of esters is 1. The van der Waals surface area contributed by atoms with E-state index in [9.17, 15) is 13.2 Å². The fraction of sp³-hybridized carbons (Fsp3) is 0.409. The van der Waals surface area contributed by atoms with E-state index in [1.54, 1.807) is 41.7 Å². The molecule has 1 heterocycles. The van der Waals surface area contributed by atoms with Gasteiger partial charge in [0.05, 0.1) is 24.7 Å². The highest BCUT2D eigenvalue weighted by Crippen LogP contribution is 2.44. The lowest BCUT2D eigenvalue weighted by Gasteiger charge is -2.35. The number of carbonyl (C=O) groups excluding carboxylic acids is 1. The molecule has 0 aromatic heterocycles. The van der Waals surface area contributed by atoms with Crippen LogP contribution >= 0.6 is 0 Å². The molecule has 0 amide bonds. The molecule has 1 spiro atoms. The second kappa shape index (κ2) is 7.46. The molecule has 1 atom stereocenters. The smallest absolute Gasteiger partial charge is 0.337 e. The van der Waals surface area contributed by atoms with Gasteiger partial charge in [0.25, 0.3) is 0 Å². The van der Waals surface area contributed by atoms with E-state index in [0.717, 1.165) is 31.2 Å². The van der Waals surface area contributed by atoms with E-state index in [0.29, 0.717) is 29.3 Å². The zero-order valence-electron chi connectivity index (χ0n) is 16.7. The molecule has 4 rings (SSSR count). The van der Waals surface area contributed by atoms with Gasteiger partial charge in [0.2, 0.25) is 10.0 Å². The first kappa shape index (κ1) is 19.9. The highest BCUT2D eigenvalue weighted by molar-refractivity contribution is 7.89. The summed E-state index contributed by atoms with van der Waals surface area (Å²) >= 11 is 0. The van der Waals surface area contributed by atoms with Crippen molar-refractivity contribution in [2.24, 2.45) is 5.41 Å². The third-order valence-electron chi connectivity index (χ3n) is 6.22. The first-order valence-electron chi connectivity index (χ1n) is 9.71. The number of nitrogens with zero attached hydrogens (tertiary/aromatic N) is 1. The first-order chi connectivity index (χ1) is 13.9. The molecule has 1 unspecified atom stereocenters. The summed E-state index contributed by atoms with van der Waals surface area (Å²) in [6.07, 6.45) is 3.45. The maximum atomic E-state index is 13.1. The molecule has 2 aliphatic rings. The first-order valence-corrected chi connectivity index (χ1v) is 11.2. The Bertz CT molecular complexity index is 1030. The summed E-state index contributed by atoms with van der Waals surface area (Å²) in [7, 11) is -0.605. The summed E-state index contributed by atoms with van der Waals surface area (Å²) in [6, 6.07) is 12.2. The van der Waals surface area contributed by atoms with Gasteiger partial charge in [-0.25, -0.2) is 13.2 Å². The molecular formula is C22H25NO5S. The van der Waals surface area contributed by atoms with E-state index < -0.39 is 10.0 Å². The predicted molar refractivity (Wildman–Crippen MR) is 109 cm³/mol. The maximum absolute atomic E-state index is 13.1. The van der Waals surface area contributed by atoms with Crippen LogP contribution < -0.4 is 4.74 Å². The Morgan fingerprint density at radius 3 is 2.48 bits per heavy atom. The zero-order valence-corrected chi connectivity index (χ0v) is 17.5. The molecule has 1 aliphatic carbocycles. The van der Waals surface area contributed by atoms with E-state index in [1.165, 1.54) is 12.7 Å². The van der Waals surface area contributed by atoms with Gasteiger partial charge < -0.3 is 9.47 Å². The summed E-state index contributed by atoms with van der Waals surface area (Å²) < 4.78 is 37.8. The second-order valence-electron chi connectivity index (χ2n) is 7.92. The monoisotopic (exact) mass is 415 g/mol. The molecule has 7 heteroatoms. The SMILES string of the molecule is COC(=O)c1ccc2c(c1)CC1(CC2)CCN(S(=O)(=O)c2ccc(OC)cc2)C1. The molecule has 0 radical (unpaired) electrons. The molecule has 2 aromatic rings. The quantitative estimate of drug-likeness (QED) is 0.718. The van der Waals surface area contributed by atoms with Crippen LogP contribution in [-0.4, -0.2) is 46.0 Å². The van der Waals surface area contributed by atoms with Gasteiger partial charge in [0.15, 0.2) is 0 Å². The van der Waals surface area contributed by atoms with Gasteiger partial charge in [0, 0.05) is 13.1 Å². The summed E-state index contributed by atoms with van der Waals surface area (Å²) in [4.78, 5) is 12.2. The van der Waals surface area contributed by atoms with Crippen molar-refractivity contribution in [1.82, 2.24) is 4.31 Å². The van der Waals surface area contributed by atoms with Crippen LogP contribution in [0.4, 0.5) is 0 Å². The van der Waals surface area contributed by atoms with Gasteiger partial charge >= 0.3 is 5.97 Å². The summed E-state index contributed by atoms with van der Waals surface area (Å²) in [5.74, 6) is 0.287. The van der Waals surface area contributed by atoms with Crippen LogP contribution in [0.3, 0.4) is 0 Å². The number of fused-ring (bicyclic) bond motifs is 1. The molecule has 0 N–H and O–H groups in total. The standard InChI is InChI=1S/C22H25NO5S/c1-27-19-5-7-20(8-6-19)29(25,26)23-12-11-22(15-23)10-9-16-3-4-17(21(24)28-2)13-18(16)14-22/h3-8,13H,9-12,14-15H2,1-2H3. The lowest BCUT2D eigenvalue weighted by Crippen LogP contribution is -2.35. The number of ether oxygens (including phenoxy) is 2. The molecule has 6 nitrogen and oxygen atoms in total. The second-order valence-corrected chi connectivity index (χ2v) is 9.85. The molecule has 2 aromatic carbocycles. The fourth-order valence-corrected chi connectivity index (χ4v) is 6.07. The molecule has 1 saturated heterocycles. The van der Waals surface area contributed by atoms with E-state index in [-0.39, 0.29) is 11.4 Å². The minimum absolute atomic E-state index is 0.0821. The average molecular weight is 416 g/mol. The minimum Gasteiger partial charge on any atom is -0.497 e. The van der Waals surface area contributed by atoms with Crippen LogP contribution in [0.5, 0.6) is 5.75 Å². The molecule has 0 bridgehead atoms. The Morgan fingerprint density at radius 1 is 1.03 bits per heavy atom. The highest BCUT2D eigenvalue weighted by Gasteiger charge is 2.44. The van der Waals surface area contributed by atoms with Crippen LogP contribution in [0.15, 0.2) is 47.4 Å². The van der Waals surface area contributed by atoms with Crippen LogP contribution in [0, 0.1) is 5.41 Å². The average Bonchev–Trinajstić information content (AvgIpc) is 3.16. The van der Waals surface area contributed by atoms with Crippen molar-refractivity contribution >= 4 is 16.0 Å². The maximum Gasteiger partial charge on any atom is 0.337 e. The Morgan fingerprint density at radius 2 is 1.79 bits per heavy atom. The molecule has 1 fully saturated rings. The fourth-order valence-electron chi connectivity index (χ4n) is 4.52. The largest absolute Gasteiger partial charge is 0.497 e. The Labute approximate surface area is 171 Å². The number of aryl methyl sites for hydroxylation is 1. The van der Waals surface area contributed by atoms with Crippen molar-refractivity contribution in [2.45, 2.75) is 30.6 Å². The van der Waals surface area contributed by atoms with Crippen molar-refractivity contribution in [3.05, 3.63) is 59.2 Å². The number of hydrogen-bond acceptors (Lipinski definition) is 5. The minimum atomic E-state index is -3.54. The molecule has 1 aliphatic heterocycles. The van der Waals surface area contributed by atoms with Crippen molar-refractivity contribution in [3.63, 3.8) is 0 Å². The number of rotatable bonds is 4. The van der Waals surface area contributed by atoms with Crippen LogP contribution in [0.25, 0.3) is 0 Å². The molecule has 154 valence electrons. The van der Waals surface area contributed by atoms with Crippen molar-refractivity contribution < 1.29 is 22.7 Å². The van der Waals surface area contributed by atoms with Crippen LogP contribution in [0.2, 0.25) is 0 Å². The zero-order chi connectivity index (χ0) is 20.6. The lowest BCUT2D eigenvalue weighted by molar-refractivity contribution is 0.0600. The summed E-state index contributed by atoms with van der Waals surface area (Å²) in [5, 5.41) is 0. The summed E-state index contributed by atoms with van der Waals surface area (Å²) in [5.41, 5.74) is 2.83. The lowest BCUT2D eigenvalue weighted by atomic mass is 9.71. The van der Waals surface area contributed by atoms with Gasteiger partial charge in [0.1, 0.15) is 5.75 Å². The van der Waals surface area contributed by atoms with Crippen molar-refractivity contribution in [3.8, 4) is 5.75 Å². The van der Waals surface area contributed by atoms with E-state index in [2.05, 4.69) is 0 Å². The molecule has 0 saturated carbocycles. The third kappa shape index (κ3) is 3.65. The normalized spacial score (nSPS) is 21.7. The van der Waals surface area contributed by atoms with Crippen LogP contribution in [-0.2, 0) is 27.6 Å². The van der Waals surface area contributed by atoms with Gasteiger partial charge in [-0.15, -0.1) is 0 Å². The number of methoxy groups -OCH3 is 2. The van der Waals surface area contributed by atoms with Gasteiger partial charge in [-0.2, -0.15) is 4.31 Å². The van der Waals surface area contributed by atoms with Gasteiger partial charge in [-0.05, 0) is 78.6 Å². The highest BCUT2D eigenvalue weighted by atomic mass is 32.2. The van der Waals surface area contributed by atoms with Crippen molar-refractivity contribution in [1.29, 1.82) is 0 Å². The van der Waals surface area contributed by atoms with E-state index in [1.807, 2.05) is 12.1 Å². The van der Waals surface area contributed by atoms with Crippen molar-refractivity contribution in [2.75, 3.05) is 27.3 Å². The Balaban J connectivity index is 1.55. The number of hydrogen-bond donors (Lipinski definition) is 0. The van der Waals surface area contributed by atoms with E-state index in [4.69, 9.17) is 9.47 Å².